The summed E-state index contributed by atoms with van der Waals surface area (Å²) in [5.41, 5.74) is 8.06. The van der Waals surface area contributed by atoms with E-state index in [2.05, 4.69) is 80.9 Å². The van der Waals surface area contributed by atoms with Crippen LogP contribution in [0.15, 0.2) is 60.2 Å². The minimum Gasteiger partial charge on any atom is -0.343 e. The van der Waals surface area contributed by atoms with E-state index in [-0.39, 0.29) is 5.92 Å². The first-order chi connectivity index (χ1) is 15.5. The SMILES string of the molecule is CCCC(CC)C(=O)C=C1CCC(c2cccc(-c3c(C)c4ccccc4n3C)c2)CC1. The Hall–Kier alpha value is -2.61. The number of para-hydroxylation sites is 1. The first-order valence-corrected chi connectivity index (χ1v) is 12.4. The highest BCUT2D eigenvalue weighted by Crippen LogP contribution is 2.38. The highest BCUT2D eigenvalue weighted by atomic mass is 16.1. The molecule has 4 rings (SSSR count). The van der Waals surface area contributed by atoms with Crippen LogP contribution < -0.4 is 0 Å². The summed E-state index contributed by atoms with van der Waals surface area (Å²) in [6.07, 6.45) is 9.44. The van der Waals surface area contributed by atoms with Crippen LogP contribution in [0, 0.1) is 12.8 Å². The number of aryl methyl sites for hydroxylation is 2. The number of hydrogen-bond donors (Lipinski definition) is 0. The molecule has 0 bridgehead atoms. The van der Waals surface area contributed by atoms with Crippen molar-refractivity contribution in [3.05, 3.63) is 71.3 Å². The first kappa shape index (κ1) is 22.6. The normalized spacial score (nSPS) is 17.5. The van der Waals surface area contributed by atoms with Crippen molar-refractivity contribution >= 4 is 16.7 Å². The van der Waals surface area contributed by atoms with E-state index in [0.29, 0.717) is 11.7 Å². The summed E-state index contributed by atoms with van der Waals surface area (Å²) in [5, 5.41) is 1.33. The number of ketones is 1. The predicted molar refractivity (Wildman–Crippen MR) is 136 cm³/mol. The van der Waals surface area contributed by atoms with E-state index in [1.54, 1.807) is 0 Å². The van der Waals surface area contributed by atoms with Gasteiger partial charge in [-0.2, -0.15) is 0 Å². The lowest BCUT2D eigenvalue weighted by molar-refractivity contribution is -0.118. The number of allylic oxidation sites excluding steroid dienone is 2. The number of carbonyl (C=O) groups excluding carboxylic acids is 1. The molecule has 2 heteroatoms. The molecular weight excluding hydrogens is 390 g/mol. The van der Waals surface area contributed by atoms with Crippen LogP contribution in [0.2, 0.25) is 0 Å². The molecule has 0 N–H and O–H groups in total. The van der Waals surface area contributed by atoms with E-state index in [9.17, 15) is 4.79 Å². The van der Waals surface area contributed by atoms with Crippen molar-refractivity contribution in [3.63, 3.8) is 0 Å². The molecule has 1 fully saturated rings. The maximum Gasteiger partial charge on any atom is 0.158 e. The molecule has 1 unspecified atom stereocenters. The Bertz CT molecular complexity index is 1080. The van der Waals surface area contributed by atoms with E-state index in [0.717, 1.165) is 44.9 Å². The van der Waals surface area contributed by atoms with Crippen LogP contribution >= 0.6 is 0 Å². The number of carbonyl (C=O) groups is 1. The zero-order valence-corrected chi connectivity index (χ0v) is 20.2. The van der Waals surface area contributed by atoms with E-state index >= 15 is 0 Å². The van der Waals surface area contributed by atoms with Crippen molar-refractivity contribution < 1.29 is 4.79 Å². The Balaban J connectivity index is 1.51. The van der Waals surface area contributed by atoms with E-state index in [4.69, 9.17) is 0 Å². The Kier molecular flexibility index (Phi) is 6.98. The molecule has 2 aromatic carbocycles. The summed E-state index contributed by atoms with van der Waals surface area (Å²) in [6, 6.07) is 17.8. The van der Waals surface area contributed by atoms with Crippen LogP contribution in [0.5, 0.6) is 0 Å². The third-order valence-electron chi connectivity index (χ3n) is 7.50. The molecule has 0 aliphatic heterocycles. The van der Waals surface area contributed by atoms with E-state index in [1.807, 2.05) is 6.08 Å². The van der Waals surface area contributed by atoms with Gasteiger partial charge < -0.3 is 4.57 Å². The molecule has 0 amide bonds. The summed E-state index contributed by atoms with van der Waals surface area (Å²) in [5.74, 6) is 1.15. The molecule has 1 aliphatic rings. The monoisotopic (exact) mass is 427 g/mol. The van der Waals surface area contributed by atoms with Crippen LogP contribution in [0.3, 0.4) is 0 Å². The molecule has 1 aromatic heterocycles. The molecule has 1 heterocycles. The summed E-state index contributed by atoms with van der Waals surface area (Å²) in [7, 11) is 2.17. The van der Waals surface area contributed by atoms with Gasteiger partial charge in [-0.1, -0.05) is 62.2 Å². The summed E-state index contributed by atoms with van der Waals surface area (Å²) in [6.45, 7) is 6.54. The Labute approximate surface area is 193 Å². The van der Waals surface area contributed by atoms with Crippen molar-refractivity contribution in [1.29, 1.82) is 0 Å². The number of rotatable bonds is 7. The lowest BCUT2D eigenvalue weighted by Gasteiger charge is -2.25. The summed E-state index contributed by atoms with van der Waals surface area (Å²) < 4.78 is 2.33. The average molecular weight is 428 g/mol. The van der Waals surface area contributed by atoms with Gasteiger partial charge in [0.15, 0.2) is 5.78 Å². The second-order valence-corrected chi connectivity index (χ2v) is 9.55. The van der Waals surface area contributed by atoms with Gasteiger partial charge >= 0.3 is 0 Å². The predicted octanol–water partition coefficient (Wildman–Crippen LogP) is 8.13. The Morgan fingerprint density at radius 3 is 2.53 bits per heavy atom. The van der Waals surface area contributed by atoms with Crippen LogP contribution in [0.4, 0.5) is 0 Å². The van der Waals surface area contributed by atoms with Gasteiger partial charge in [-0.15, -0.1) is 0 Å². The molecule has 0 radical (unpaired) electrons. The summed E-state index contributed by atoms with van der Waals surface area (Å²) >= 11 is 0. The third kappa shape index (κ3) is 4.46. The topological polar surface area (TPSA) is 22.0 Å². The number of aromatic nitrogens is 1. The highest BCUT2D eigenvalue weighted by molar-refractivity contribution is 5.92. The van der Waals surface area contributed by atoms with Gasteiger partial charge in [-0.05, 0) is 86.3 Å². The fourth-order valence-corrected chi connectivity index (χ4v) is 5.61. The molecule has 1 saturated carbocycles. The quantitative estimate of drug-likeness (QED) is 0.349. The average Bonchev–Trinajstić information content (AvgIpc) is 3.08. The number of hydrogen-bond acceptors (Lipinski definition) is 1. The second-order valence-electron chi connectivity index (χ2n) is 9.55. The first-order valence-electron chi connectivity index (χ1n) is 12.4. The van der Waals surface area contributed by atoms with Crippen LogP contribution in [0.25, 0.3) is 22.2 Å². The van der Waals surface area contributed by atoms with Crippen molar-refractivity contribution in [2.24, 2.45) is 13.0 Å². The summed E-state index contributed by atoms with van der Waals surface area (Å²) in [4.78, 5) is 12.6. The third-order valence-corrected chi connectivity index (χ3v) is 7.50. The molecule has 1 aliphatic carbocycles. The molecule has 0 spiro atoms. The van der Waals surface area contributed by atoms with Crippen molar-refractivity contribution in [1.82, 2.24) is 4.57 Å². The zero-order valence-electron chi connectivity index (χ0n) is 20.2. The number of benzene rings is 2. The highest BCUT2D eigenvalue weighted by Gasteiger charge is 2.22. The van der Waals surface area contributed by atoms with Crippen LogP contribution in [0.1, 0.15) is 75.8 Å². The maximum absolute atomic E-state index is 12.6. The molecule has 32 heavy (non-hydrogen) atoms. The lowest BCUT2D eigenvalue weighted by atomic mass is 9.80. The fourth-order valence-electron chi connectivity index (χ4n) is 5.61. The molecular formula is C30H37NO. The molecule has 1 atom stereocenters. The van der Waals surface area contributed by atoms with Gasteiger partial charge in [0.2, 0.25) is 0 Å². The second kappa shape index (κ2) is 9.90. The zero-order chi connectivity index (χ0) is 22.7. The van der Waals surface area contributed by atoms with Crippen LogP contribution in [-0.4, -0.2) is 10.4 Å². The largest absolute Gasteiger partial charge is 0.343 e. The molecule has 0 saturated heterocycles. The Morgan fingerprint density at radius 2 is 1.84 bits per heavy atom. The molecule has 2 nitrogen and oxygen atoms in total. The van der Waals surface area contributed by atoms with Crippen molar-refractivity contribution in [2.75, 3.05) is 0 Å². The Morgan fingerprint density at radius 1 is 1.09 bits per heavy atom. The van der Waals surface area contributed by atoms with Gasteiger partial charge in [0, 0.05) is 23.9 Å². The minimum atomic E-state index is 0.214. The van der Waals surface area contributed by atoms with Gasteiger partial charge in [-0.3, -0.25) is 4.79 Å². The van der Waals surface area contributed by atoms with Gasteiger partial charge in [0.05, 0.1) is 5.69 Å². The minimum absolute atomic E-state index is 0.214. The number of nitrogens with zero attached hydrogens (tertiary/aromatic N) is 1. The van der Waals surface area contributed by atoms with Gasteiger partial charge in [0.25, 0.3) is 0 Å². The van der Waals surface area contributed by atoms with E-state index in [1.165, 1.54) is 38.9 Å². The number of fused-ring (bicyclic) bond motifs is 1. The van der Waals surface area contributed by atoms with Crippen molar-refractivity contribution in [2.45, 2.75) is 71.6 Å². The van der Waals surface area contributed by atoms with Gasteiger partial charge in [0.1, 0.15) is 0 Å². The molecule has 3 aromatic rings. The van der Waals surface area contributed by atoms with Crippen molar-refractivity contribution in [3.8, 4) is 11.3 Å². The van der Waals surface area contributed by atoms with Gasteiger partial charge in [-0.25, -0.2) is 0 Å². The van der Waals surface area contributed by atoms with Crippen LogP contribution in [-0.2, 0) is 11.8 Å². The standard InChI is InChI=1S/C30H37NO/c1-5-10-23(6-2)29(32)19-22-15-17-24(18-16-22)25-11-9-12-26(20-25)30-21(3)27-13-7-8-14-28(27)31(30)4/h7-9,11-14,19-20,23-24H,5-6,10,15-18H2,1-4H3. The smallest absolute Gasteiger partial charge is 0.158 e. The lowest BCUT2D eigenvalue weighted by Crippen LogP contribution is -2.13. The maximum atomic E-state index is 12.6. The molecule has 168 valence electrons. The van der Waals surface area contributed by atoms with E-state index < -0.39 is 0 Å². The fraction of sp³-hybridized carbons (Fsp3) is 0.433.